The van der Waals surface area contributed by atoms with Gasteiger partial charge in [0.05, 0.1) is 21.5 Å². The van der Waals surface area contributed by atoms with Crippen molar-refractivity contribution in [1.29, 1.82) is 0 Å². The molecule has 0 aliphatic carbocycles. The molecule has 136 valence electrons. The second-order valence-corrected chi connectivity index (χ2v) is 6.27. The van der Waals surface area contributed by atoms with Gasteiger partial charge in [0.2, 0.25) is 0 Å². The van der Waals surface area contributed by atoms with E-state index in [-0.39, 0.29) is 11.2 Å². The van der Waals surface area contributed by atoms with Crippen molar-refractivity contribution >= 4 is 27.6 Å². The van der Waals surface area contributed by atoms with E-state index < -0.39 is 4.92 Å². The van der Waals surface area contributed by atoms with Crippen molar-refractivity contribution in [3.8, 4) is 11.3 Å². The maximum absolute atomic E-state index is 12.6. The number of nitro groups is 1. The quantitative estimate of drug-likeness (QED) is 0.417. The molecule has 4 aromatic rings. The van der Waals surface area contributed by atoms with Crippen LogP contribution < -0.4 is 11.3 Å². The molecule has 0 saturated carbocycles. The van der Waals surface area contributed by atoms with Gasteiger partial charge in [-0.2, -0.15) is 0 Å². The number of fused-ring (bicyclic) bond motifs is 2. The Hall–Kier alpha value is -3.52. The molecule has 0 atom stereocenters. The number of rotatable bonds is 5. The molecular weight excluding hydrogens is 346 g/mol. The van der Waals surface area contributed by atoms with Crippen LogP contribution in [0.25, 0.3) is 33.2 Å². The second-order valence-electron chi connectivity index (χ2n) is 6.27. The molecule has 0 saturated heterocycles. The van der Waals surface area contributed by atoms with Crippen LogP contribution >= 0.6 is 0 Å². The van der Waals surface area contributed by atoms with Crippen LogP contribution in [0.15, 0.2) is 53.5 Å². The van der Waals surface area contributed by atoms with Gasteiger partial charge in [-0.25, -0.2) is 4.98 Å². The maximum atomic E-state index is 12.6. The molecule has 0 spiro atoms. The van der Waals surface area contributed by atoms with Crippen LogP contribution in [0, 0.1) is 10.1 Å². The molecule has 0 radical (unpaired) electrons. The molecule has 0 amide bonds. The van der Waals surface area contributed by atoms with Crippen molar-refractivity contribution in [2.45, 2.75) is 13.0 Å². The number of hydrogen-bond donors (Lipinski definition) is 2. The highest BCUT2D eigenvalue weighted by molar-refractivity contribution is 5.96. The lowest BCUT2D eigenvalue weighted by Crippen LogP contribution is -2.11. The molecule has 0 aliphatic heterocycles. The first-order valence-corrected chi connectivity index (χ1v) is 8.55. The summed E-state index contributed by atoms with van der Waals surface area (Å²) in [5, 5.41) is 11.9. The van der Waals surface area contributed by atoms with Gasteiger partial charge in [-0.15, -0.1) is 0 Å². The molecule has 2 aromatic carbocycles. The van der Waals surface area contributed by atoms with Crippen molar-refractivity contribution in [1.82, 2.24) is 14.5 Å². The number of aryl methyl sites for hydroxylation is 1. The molecule has 3 N–H and O–H groups in total. The third kappa shape index (κ3) is 2.96. The molecule has 2 aromatic heterocycles. The van der Waals surface area contributed by atoms with Crippen molar-refractivity contribution in [3.05, 3.63) is 69.1 Å². The zero-order valence-corrected chi connectivity index (χ0v) is 14.4. The van der Waals surface area contributed by atoms with E-state index >= 15 is 0 Å². The first-order valence-electron chi connectivity index (χ1n) is 8.55. The van der Waals surface area contributed by atoms with Gasteiger partial charge in [-0.05, 0) is 31.2 Å². The van der Waals surface area contributed by atoms with E-state index in [1.165, 1.54) is 12.1 Å². The van der Waals surface area contributed by atoms with E-state index in [1.807, 2.05) is 29.0 Å². The molecule has 27 heavy (non-hydrogen) atoms. The summed E-state index contributed by atoms with van der Waals surface area (Å²) in [6, 6.07) is 11.9. The van der Waals surface area contributed by atoms with Gasteiger partial charge >= 0.3 is 0 Å². The summed E-state index contributed by atoms with van der Waals surface area (Å²) >= 11 is 0. The molecule has 8 heteroatoms. The standard InChI is InChI=1S/C19H17N5O3/c20-8-3-9-23-11-14(13-7-6-12(24(26)27)10-17(13)23)18-19(25)22-16-5-2-1-4-15(16)21-18/h1-2,4-7,10-11H,3,8-9,20H2,(H,22,25). The van der Waals surface area contributed by atoms with E-state index in [1.54, 1.807) is 12.1 Å². The van der Waals surface area contributed by atoms with Crippen LogP contribution in [0.3, 0.4) is 0 Å². The minimum atomic E-state index is -0.430. The van der Waals surface area contributed by atoms with E-state index in [4.69, 9.17) is 5.73 Å². The number of nitrogens with one attached hydrogen (secondary N) is 1. The van der Waals surface area contributed by atoms with E-state index in [0.717, 1.165) is 5.39 Å². The van der Waals surface area contributed by atoms with E-state index in [2.05, 4.69) is 9.97 Å². The summed E-state index contributed by atoms with van der Waals surface area (Å²) in [5.74, 6) is 0. The summed E-state index contributed by atoms with van der Waals surface area (Å²) < 4.78 is 1.89. The SMILES string of the molecule is NCCCn1cc(-c2nc3ccccc3[nH]c2=O)c2ccc([N+](=O)[O-])cc21. The van der Waals surface area contributed by atoms with Gasteiger partial charge in [0.15, 0.2) is 0 Å². The minimum Gasteiger partial charge on any atom is -0.347 e. The highest BCUT2D eigenvalue weighted by Gasteiger charge is 2.18. The second kappa shape index (κ2) is 6.65. The fourth-order valence-electron chi connectivity index (χ4n) is 3.24. The summed E-state index contributed by atoms with van der Waals surface area (Å²) in [6.07, 6.45) is 2.53. The number of nitrogens with zero attached hydrogens (tertiary/aromatic N) is 3. The highest BCUT2D eigenvalue weighted by atomic mass is 16.6. The number of aromatic amines is 1. The Morgan fingerprint density at radius 1 is 1.22 bits per heavy atom. The Labute approximate surface area is 153 Å². The van der Waals surface area contributed by atoms with E-state index in [0.29, 0.717) is 47.3 Å². The van der Waals surface area contributed by atoms with E-state index in [9.17, 15) is 14.9 Å². The fourth-order valence-corrected chi connectivity index (χ4v) is 3.24. The lowest BCUT2D eigenvalue weighted by atomic mass is 10.1. The molecule has 0 bridgehead atoms. The first kappa shape index (κ1) is 16.9. The lowest BCUT2D eigenvalue weighted by molar-refractivity contribution is -0.384. The summed E-state index contributed by atoms with van der Waals surface area (Å²) in [5.41, 5.74) is 8.27. The Balaban J connectivity index is 1.97. The number of benzene rings is 2. The molecule has 2 heterocycles. The monoisotopic (exact) mass is 363 g/mol. The van der Waals surface area contributed by atoms with Crippen molar-refractivity contribution in [3.63, 3.8) is 0 Å². The third-order valence-electron chi connectivity index (χ3n) is 4.53. The summed E-state index contributed by atoms with van der Waals surface area (Å²) in [4.78, 5) is 30.7. The molecule has 0 aliphatic rings. The number of nitrogens with two attached hydrogens (primary N) is 1. The maximum Gasteiger partial charge on any atom is 0.275 e. The smallest absolute Gasteiger partial charge is 0.275 e. The minimum absolute atomic E-state index is 0.00142. The van der Waals surface area contributed by atoms with Crippen molar-refractivity contribution in [2.75, 3.05) is 6.54 Å². The van der Waals surface area contributed by atoms with Crippen LogP contribution in [-0.4, -0.2) is 26.0 Å². The third-order valence-corrected chi connectivity index (χ3v) is 4.53. The number of aromatic nitrogens is 3. The van der Waals surface area contributed by atoms with Crippen molar-refractivity contribution < 1.29 is 4.92 Å². The van der Waals surface area contributed by atoms with Gasteiger partial charge in [0.1, 0.15) is 5.69 Å². The number of H-pyrrole nitrogens is 1. The fraction of sp³-hybridized carbons (Fsp3) is 0.158. The van der Waals surface area contributed by atoms with Gasteiger partial charge in [-0.3, -0.25) is 14.9 Å². The van der Waals surface area contributed by atoms with Crippen LogP contribution in [-0.2, 0) is 6.54 Å². The van der Waals surface area contributed by atoms with Gasteiger partial charge in [-0.1, -0.05) is 12.1 Å². The molecule has 0 fully saturated rings. The highest BCUT2D eigenvalue weighted by Crippen LogP contribution is 2.31. The largest absolute Gasteiger partial charge is 0.347 e. The summed E-state index contributed by atoms with van der Waals surface area (Å²) in [7, 11) is 0. The molecular formula is C19H17N5O3. The van der Waals surface area contributed by atoms with Crippen LogP contribution in [0.1, 0.15) is 6.42 Å². The number of non-ortho nitro benzene ring substituents is 1. The Morgan fingerprint density at radius 3 is 2.81 bits per heavy atom. The van der Waals surface area contributed by atoms with Gasteiger partial charge in [0, 0.05) is 35.8 Å². The number of nitro benzene ring substituents is 1. The molecule has 0 unspecified atom stereocenters. The molecule has 4 rings (SSSR count). The zero-order chi connectivity index (χ0) is 19.0. The Kier molecular flexibility index (Phi) is 4.17. The normalized spacial score (nSPS) is 11.3. The summed E-state index contributed by atoms with van der Waals surface area (Å²) in [6.45, 7) is 1.10. The number of hydrogen-bond acceptors (Lipinski definition) is 5. The predicted molar refractivity (Wildman–Crippen MR) is 104 cm³/mol. The van der Waals surface area contributed by atoms with Gasteiger partial charge in [0.25, 0.3) is 11.2 Å². The van der Waals surface area contributed by atoms with Crippen molar-refractivity contribution in [2.24, 2.45) is 5.73 Å². The van der Waals surface area contributed by atoms with Gasteiger partial charge < -0.3 is 15.3 Å². The zero-order valence-electron chi connectivity index (χ0n) is 14.4. The van der Waals surface area contributed by atoms with Crippen LogP contribution in [0.4, 0.5) is 5.69 Å². The topological polar surface area (TPSA) is 120 Å². The number of para-hydroxylation sites is 2. The van der Waals surface area contributed by atoms with Crippen LogP contribution in [0.5, 0.6) is 0 Å². The average Bonchev–Trinajstić information content (AvgIpc) is 3.03. The first-order chi connectivity index (χ1) is 13.1. The predicted octanol–water partition coefficient (Wildman–Crippen LogP) is 2.80. The average molecular weight is 363 g/mol. The molecule has 8 nitrogen and oxygen atoms in total. The Bertz CT molecular complexity index is 1230. The van der Waals surface area contributed by atoms with Crippen LogP contribution in [0.2, 0.25) is 0 Å². The lowest BCUT2D eigenvalue weighted by Gasteiger charge is -2.03. The Morgan fingerprint density at radius 2 is 2.04 bits per heavy atom.